The average Bonchev–Trinajstić information content (AvgIpc) is 3.53. The Labute approximate surface area is 237 Å². The van der Waals surface area contributed by atoms with Crippen LogP contribution < -0.4 is 19.6 Å². The number of thiazole rings is 1. The van der Waals surface area contributed by atoms with Gasteiger partial charge in [-0.2, -0.15) is 0 Å². The third-order valence-electron chi connectivity index (χ3n) is 6.35. The second-order valence-electron chi connectivity index (χ2n) is 8.86. The molecule has 0 N–H and O–H groups in total. The molecule has 0 saturated carbocycles. The zero-order chi connectivity index (χ0) is 27.5. The van der Waals surface area contributed by atoms with Crippen molar-refractivity contribution in [2.24, 2.45) is 4.99 Å². The SMILES string of the molecule is CCCC1=C(C(=O)OCC)C(c2ccccc2OC)n2c(s/c(=C\c3ccc(-c4ccc(Br)cc4)o3)c2=O)=N1. The van der Waals surface area contributed by atoms with Crippen LogP contribution >= 0.6 is 27.3 Å². The van der Waals surface area contributed by atoms with Gasteiger partial charge in [0.1, 0.15) is 23.3 Å². The van der Waals surface area contributed by atoms with E-state index in [1.807, 2.05) is 67.6 Å². The van der Waals surface area contributed by atoms with Gasteiger partial charge in [-0.15, -0.1) is 0 Å². The first-order chi connectivity index (χ1) is 18.9. The number of allylic oxidation sites excluding steroid dienone is 1. The van der Waals surface area contributed by atoms with Crippen molar-refractivity contribution in [2.75, 3.05) is 13.7 Å². The number of halogens is 1. The number of benzene rings is 2. The van der Waals surface area contributed by atoms with Crippen LogP contribution in [0, 0.1) is 0 Å². The number of aromatic nitrogens is 1. The van der Waals surface area contributed by atoms with Crippen molar-refractivity contribution in [1.29, 1.82) is 0 Å². The number of carbonyl (C=O) groups is 1. The Kier molecular flexibility index (Phi) is 7.99. The topological polar surface area (TPSA) is 83.0 Å². The first-order valence-corrected chi connectivity index (χ1v) is 14.3. The van der Waals surface area contributed by atoms with Crippen LogP contribution in [0.3, 0.4) is 0 Å². The van der Waals surface area contributed by atoms with Crippen molar-refractivity contribution in [3.05, 3.63) is 107 Å². The van der Waals surface area contributed by atoms with Crippen molar-refractivity contribution in [3.8, 4) is 17.1 Å². The third-order valence-corrected chi connectivity index (χ3v) is 7.87. The number of hydrogen-bond acceptors (Lipinski definition) is 7. The predicted octanol–water partition coefficient (Wildman–Crippen LogP) is 5.61. The first kappa shape index (κ1) is 26.9. The minimum Gasteiger partial charge on any atom is -0.496 e. The molecule has 0 aliphatic carbocycles. The van der Waals surface area contributed by atoms with Crippen molar-refractivity contribution < 1.29 is 18.7 Å². The maximum absolute atomic E-state index is 13.9. The minimum absolute atomic E-state index is 0.212. The number of hydrogen-bond donors (Lipinski definition) is 0. The average molecular weight is 608 g/mol. The van der Waals surface area contributed by atoms with Gasteiger partial charge in [-0.3, -0.25) is 9.36 Å². The Bertz CT molecular complexity index is 1730. The molecule has 0 spiro atoms. The monoisotopic (exact) mass is 606 g/mol. The van der Waals surface area contributed by atoms with Crippen LogP contribution in [0.2, 0.25) is 0 Å². The molecule has 1 unspecified atom stereocenters. The quantitative estimate of drug-likeness (QED) is 0.243. The Balaban J connectivity index is 1.69. The lowest BCUT2D eigenvalue weighted by Crippen LogP contribution is -2.40. The van der Waals surface area contributed by atoms with Gasteiger partial charge in [-0.25, -0.2) is 9.79 Å². The van der Waals surface area contributed by atoms with Crippen LogP contribution in [0.5, 0.6) is 5.75 Å². The summed E-state index contributed by atoms with van der Waals surface area (Å²) in [6, 6.07) is 18.2. The summed E-state index contributed by atoms with van der Waals surface area (Å²) in [5.41, 5.74) is 2.33. The largest absolute Gasteiger partial charge is 0.496 e. The molecule has 2 aromatic carbocycles. The third kappa shape index (κ3) is 5.29. The molecule has 0 radical (unpaired) electrons. The molecule has 0 saturated heterocycles. The molecule has 1 atom stereocenters. The van der Waals surface area contributed by atoms with Gasteiger partial charge in [0, 0.05) is 21.7 Å². The van der Waals surface area contributed by atoms with Crippen molar-refractivity contribution >= 4 is 39.3 Å². The van der Waals surface area contributed by atoms with Crippen LogP contribution in [-0.2, 0) is 9.53 Å². The molecule has 0 fully saturated rings. The van der Waals surface area contributed by atoms with E-state index in [1.165, 1.54) is 11.3 Å². The Hall–Kier alpha value is -3.69. The van der Waals surface area contributed by atoms with Crippen LogP contribution in [0.25, 0.3) is 17.4 Å². The lowest BCUT2D eigenvalue weighted by atomic mass is 9.93. The number of ether oxygens (including phenoxy) is 2. The fraction of sp³-hybridized carbons (Fsp3) is 0.233. The molecule has 4 aromatic rings. The summed E-state index contributed by atoms with van der Waals surface area (Å²) in [4.78, 5) is 32.6. The van der Waals surface area contributed by atoms with Crippen LogP contribution in [0.1, 0.15) is 44.1 Å². The Morgan fingerprint density at radius 2 is 1.90 bits per heavy atom. The normalized spacial score (nSPS) is 15.2. The molecule has 39 heavy (non-hydrogen) atoms. The molecule has 5 rings (SSSR count). The molecule has 1 aliphatic rings. The molecule has 2 aromatic heterocycles. The molecule has 0 bridgehead atoms. The fourth-order valence-corrected chi connectivity index (χ4v) is 5.90. The van der Waals surface area contributed by atoms with Gasteiger partial charge in [0.2, 0.25) is 0 Å². The summed E-state index contributed by atoms with van der Waals surface area (Å²) in [5.74, 6) is 1.33. The van der Waals surface area contributed by atoms with Crippen molar-refractivity contribution in [3.63, 3.8) is 0 Å². The van der Waals surface area contributed by atoms with Crippen LogP contribution in [0.15, 0.2) is 90.6 Å². The highest BCUT2D eigenvalue weighted by Gasteiger charge is 2.35. The van der Waals surface area contributed by atoms with Crippen LogP contribution in [-0.4, -0.2) is 24.3 Å². The lowest BCUT2D eigenvalue weighted by Gasteiger charge is -2.26. The summed E-state index contributed by atoms with van der Waals surface area (Å²) in [6.45, 7) is 4.00. The number of fused-ring (bicyclic) bond motifs is 1. The zero-order valence-corrected chi connectivity index (χ0v) is 24.2. The predicted molar refractivity (Wildman–Crippen MR) is 154 cm³/mol. The fourth-order valence-electron chi connectivity index (χ4n) is 4.64. The number of para-hydroxylation sites is 1. The van der Waals surface area contributed by atoms with Gasteiger partial charge in [-0.1, -0.05) is 70.9 Å². The van der Waals surface area contributed by atoms with Crippen LogP contribution in [0.4, 0.5) is 0 Å². The maximum Gasteiger partial charge on any atom is 0.338 e. The maximum atomic E-state index is 13.9. The van der Waals surface area contributed by atoms with E-state index < -0.39 is 12.0 Å². The smallest absolute Gasteiger partial charge is 0.338 e. The molecule has 3 heterocycles. The second kappa shape index (κ2) is 11.6. The van der Waals surface area contributed by atoms with E-state index in [0.29, 0.717) is 49.9 Å². The van der Waals surface area contributed by atoms with E-state index in [1.54, 1.807) is 24.7 Å². The Morgan fingerprint density at radius 3 is 2.62 bits per heavy atom. The number of furan rings is 1. The van der Waals surface area contributed by atoms with Crippen molar-refractivity contribution in [2.45, 2.75) is 32.7 Å². The summed E-state index contributed by atoms with van der Waals surface area (Å²) < 4.78 is 20.2. The van der Waals surface area contributed by atoms with E-state index in [9.17, 15) is 9.59 Å². The number of nitrogens with zero attached hydrogens (tertiary/aromatic N) is 2. The van der Waals surface area contributed by atoms with E-state index in [4.69, 9.17) is 18.9 Å². The standard InChI is InChI=1S/C30H27BrN2O5S/c1-4-8-22-26(29(35)37-5-2)27(21-9-6-7-10-24(21)36-3)33-28(34)25(39-30(33)32-22)17-20-15-16-23(38-20)18-11-13-19(31)14-12-18/h6-7,9-17,27H,4-5,8H2,1-3H3/b25-17-. The highest BCUT2D eigenvalue weighted by molar-refractivity contribution is 9.10. The van der Waals surface area contributed by atoms with Gasteiger partial charge in [-0.05, 0) is 43.7 Å². The van der Waals surface area contributed by atoms with E-state index in [2.05, 4.69) is 15.9 Å². The summed E-state index contributed by atoms with van der Waals surface area (Å²) >= 11 is 4.72. The number of rotatable bonds is 8. The van der Waals surface area contributed by atoms with Gasteiger partial charge in [0.05, 0.1) is 29.5 Å². The molecule has 7 nitrogen and oxygen atoms in total. The minimum atomic E-state index is -0.741. The van der Waals surface area contributed by atoms with Gasteiger partial charge >= 0.3 is 5.97 Å². The highest BCUT2D eigenvalue weighted by Crippen LogP contribution is 2.36. The molecule has 1 aliphatic heterocycles. The first-order valence-electron chi connectivity index (χ1n) is 12.7. The second-order valence-corrected chi connectivity index (χ2v) is 10.8. The number of esters is 1. The molecule has 0 amide bonds. The van der Waals surface area contributed by atoms with Gasteiger partial charge < -0.3 is 13.9 Å². The number of methoxy groups -OCH3 is 1. The van der Waals surface area contributed by atoms with Crippen molar-refractivity contribution in [1.82, 2.24) is 4.57 Å². The lowest BCUT2D eigenvalue weighted by molar-refractivity contribution is -0.139. The van der Waals surface area contributed by atoms with E-state index in [-0.39, 0.29) is 12.2 Å². The molecule has 200 valence electrons. The molecular formula is C30H27BrN2O5S. The molecular weight excluding hydrogens is 580 g/mol. The number of carbonyl (C=O) groups excluding carboxylic acids is 1. The van der Waals surface area contributed by atoms with Gasteiger partial charge in [0.15, 0.2) is 4.80 Å². The van der Waals surface area contributed by atoms with E-state index >= 15 is 0 Å². The summed E-state index contributed by atoms with van der Waals surface area (Å²) in [6.07, 6.45) is 3.07. The summed E-state index contributed by atoms with van der Waals surface area (Å²) in [5, 5.41) is 0. The summed E-state index contributed by atoms with van der Waals surface area (Å²) in [7, 11) is 1.57. The zero-order valence-electron chi connectivity index (χ0n) is 21.8. The molecule has 9 heteroatoms. The Morgan fingerprint density at radius 1 is 1.13 bits per heavy atom. The van der Waals surface area contributed by atoms with E-state index in [0.717, 1.165) is 16.5 Å². The highest BCUT2D eigenvalue weighted by atomic mass is 79.9. The van der Waals surface area contributed by atoms with Gasteiger partial charge in [0.25, 0.3) is 5.56 Å².